The molecule has 1 aliphatic carbocycles. The molecule has 0 aromatic heterocycles. The van der Waals surface area contributed by atoms with Gasteiger partial charge >= 0.3 is 0 Å². The number of benzene rings is 1. The van der Waals surface area contributed by atoms with Crippen molar-refractivity contribution in [3.63, 3.8) is 0 Å². The lowest BCUT2D eigenvalue weighted by Gasteiger charge is -2.07. The molecule has 0 bridgehead atoms. The highest BCUT2D eigenvalue weighted by molar-refractivity contribution is 5.72. The van der Waals surface area contributed by atoms with Gasteiger partial charge in [-0.3, -0.25) is 0 Å². The highest BCUT2D eigenvalue weighted by Crippen LogP contribution is 2.28. The Morgan fingerprint density at radius 2 is 1.71 bits per heavy atom. The third kappa shape index (κ3) is 1.52. The van der Waals surface area contributed by atoms with E-state index >= 15 is 0 Å². The first-order chi connectivity index (χ1) is 6.68. The highest BCUT2D eigenvalue weighted by atomic mass is 14.1. The molecule has 0 heteroatoms. The van der Waals surface area contributed by atoms with Crippen LogP contribution in [0.3, 0.4) is 0 Å². The second-order valence-electron chi connectivity index (χ2n) is 4.13. The van der Waals surface area contributed by atoms with Crippen molar-refractivity contribution in [2.45, 2.75) is 27.2 Å². The molecule has 0 saturated carbocycles. The van der Waals surface area contributed by atoms with Crippen molar-refractivity contribution in [2.75, 3.05) is 0 Å². The Hall–Kier alpha value is -1.30. The molecule has 72 valence electrons. The van der Waals surface area contributed by atoms with Gasteiger partial charge in [0.15, 0.2) is 0 Å². The fourth-order valence-electron chi connectivity index (χ4n) is 2.08. The summed E-state index contributed by atoms with van der Waals surface area (Å²) in [5.41, 5.74) is 7.13. The van der Waals surface area contributed by atoms with Gasteiger partial charge in [0.25, 0.3) is 0 Å². The van der Waals surface area contributed by atoms with E-state index in [1.807, 2.05) is 0 Å². The molecule has 0 heterocycles. The van der Waals surface area contributed by atoms with Gasteiger partial charge in [0.05, 0.1) is 0 Å². The molecule has 2 rings (SSSR count). The van der Waals surface area contributed by atoms with Crippen LogP contribution in [0.1, 0.15) is 31.9 Å². The molecule has 0 saturated heterocycles. The lowest BCUT2D eigenvalue weighted by Crippen LogP contribution is -1.90. The topological polar surface area (TPSA) is 0 Å². The van der Waals surface area contributed by atoms with Gasteiger partial charge in [-0.05, 0) is 49.5 Å². The third-order valence-electron chi connectivity index (χ3n) is 2.95. The summed E-state index contributed by atoms with van der Waals surface area (Å²) in [5, 5.41) is 0. The van der Waals surface area contributed by atoms with E-state index in [0.29, 0.717) is 0 Å². The van der Waals surface area contributed by atoms with E-state index in [-0.39, 0.29) is 0 Å². The van der Waals surface area contributed by atoms with E-state index in [2.05, 4.69) is 51.1 Å². The molecule has 1 aromatic carbocycles. The van der Waals surface area contributed by atoms with E-state index in [1.54, 1.807) is 0 Å². The van der Waals surface area contributed by atoms with E-state index in [4.69, 9.17) is 0 Å². The lowest BCUT2D eigenvalue weighted by molar-refractivity contribution is 1.14. The molecule has 0 spiro atoms. The zero-order valence-electron chi connectivity index (χ0n) is 9.09. The van der Waals surface area contributed by atoms with Crippen LogP contribution in [0.25, 0.3) is 5.57 Å². The number of allylic oxidation sites excluding steroid dienone is 4. The zero-order valence-corrected chi connectivity index (χ0v) is 9.09. The Labute approximate surface area is 86.0 Å². The summed E-state index contributed by atoms with van der Waals surface area (Å²) in [7, 11) is 0. The number of rotatable bonds is 0. The SMILES string of the molecule is CC1=CC(C)=C(C)c2ccccc2C1. The first-order valence-electron chi connectivity index (χ1n) is 5.11. The molecule has 0 aliphatic heterocycles. The standard InChI is InChI=1S/C14H16/c1-10-8-11(2)12(3)14-7-5-4-6-13(14)9-10/h4-8H,9H2,1-3H3. The van der Waals surface area contributed by atoms with Crippen LogP contribution in [0.4, 0.5) is 0 Å². The fraction of sp³-hybridized carbons (Fsp3) is 0.286. The zero-order chi connectivity index (χ0) is 10.1. The second kappa shape index (κ2) is 3.45. The van der Waals surface area contributed by atoms with Crippen LogP contribution < -0.4 is 0 Å². The molecule has 0 atom stereocenters. The molecule has 14 heavy (non-hydrogen) atoms. The summed E-state index contributed by atoms with van der Waals surface area (Å²) in [6.07, 6.45) is 3.39. The molecule has 0 radical (unpaired) electrons. The van der Waals surface area contributed by atoms with Crippen molar-refractivity contribution in [1.29, 1.82) is 0 Å². The maximum atomic E-state index is 2.30. The van der Waals surface area contributed by atoms with Crippen molar-refractivity contribution in [3.05, 3.63) is 52.6 Å². The first-order valence-corrected chi connectivity index (χ1v) is 5.11. The van der Waals surface area contributed by atoms with Crippen LogP contribution in [0.15, 0.2) is 41.5 Å². The minimum Gasteiger partial charge on any atom is -0.0686 e. The van der Waals surface area contributed by atoms with Gasteiger partial charge in [0.2, 0.25) is 0 Å². The largest absolute Gasteiger partial charge is 0.0686 e. The Kier molecular flexibility index (Phi) is 2.28. The maximum absolute atomic E-state index is 2.30. The lowest BCUT2D eigenvalue weighted by atomic mass is 9.98. The molecule has 0 amide bonds. The van der Waals surface area contributed by atoms with Gasteiger partial charge < -0.3 is 0 Å². The molecular formula is C14H16. The molecule has 1 aliphatic rings. The van der Waals surface area contributed by atoms with Crippen LogP contribution in [-0.2, 0) is 6.42 Å². The summed E-state index contributed by atoms with van der Waals surface area (Å²) in [4.78, 5) is 0. The molecule has 0 fully saturated rings. The Morgan fingerprint density at radius 3 is 2.50 bits per heavy atom. The summed E-state index contributed by atoms with van der Waals surface area (Å²) >= 11 is 0. The quantitative estimate of drug-likeness (QED) is 0.572. The van der Waals surface area contributed by atoms with Crippen LogP contribution in [0.2, 0.25) is 0 Å². The number of fused-ring (bicyclic) bond motifs is 1. The summed E-state index contributed by atoms with van der Waals surface area (Å²) in [6.45, 7) is 6.61. The predicted molar refractivity (Wildman–Crippen MR) is 62.2 cm³/mol. The normalized spacial score (nSPS) is 16.1. The molecule has 0 unspecified atom stereocenters. The van der Waals surface area contributed by atoms with Crippen LogP contribution in [0, 0.1) is 0 Å². The molecular weight excluding hydrogens is 168 g/mol. The van der Waals surface area contributed by atoms with Crippen molar-refractivity contribution < 1.29 is 0 Å². The van der Waals surface area contributed by atoms with Crippen molar-refractivity contribution in [2.24, 2.45) is 0 Å². The maximum Gasteiger partial charge on any atom is -0.00606 e. The smallest absolute Gasteiger partial charge is 0.00606 e. The monoisotopic (exact) mass is 184 g/mol. The summed E-state index contributed by atoms with van der Waals surface area (Å²) in [5.74, 6) is 0. The van der Waals surface area contributed by atoms with Gasteiger partial charge in [-0.25, -0.2) is 0 Å². The minimum absolute atomic E-state index is 1.09. The van der Waals surface area contributed by atoms with Crippen LogP contribution >= 0.6 is 0 Å². The molecule has 0 N–H and O–H groups in total. The molecule has 0 nitrogen and oxygen atoms in total. The van der Waals surface area contributed by atoms with Gasteiger partial charge in [-0.2, -0.15) is 0 Å². The van der Waals surface area contributed by atoms with Crippen LogP contribution in [-0.4, -0.2) is 0 Å². The van der Waals surface area contributed by atoms with Crippen molar-refractivity contribution in [1.82, 2.24) is 0 Å². The summed E-state index contributed by atoms with van der Waals surface area (Å²) < 4.78 is 0. The first kappa shape index (κ1) is 9.26. The Bertz CT molecular complexity index is 419. The van der Waals surface area contributed by atoms with E-state index in [9.17, 15) is 0 Å². The Morgan fingerprint density at radius 1 is 1.00 bits per heavy atom. The van der Waals surface area contributed by atoms with Gasteiger partial charge in [-0.1, -0.05) is 35.9 Å². The van der Waals surface area contributed by atoms with Crippen LogP contribution in [0.5, 0.6) is 0 Å². The number of hydrogen-bond donors (Lipinski definition) is 0. The van der Waals surface area contributed by atoms with E-state index in [1.165, 1.54) is 27.8 Å². The van der Waals surface area contributed by atoms with Gasteiger partial charge in [0, 0.05) is 0 Å². The third-order valence-corrected chi connectivity index (χ3v) is 2.95. The average molecular weight is 184 g/mol. The van der Waals surface area contributed by atoms with E-state index in [0.717, 1.165) is 6.42 Å². The van der Waals surface area contributed by atoms with E-state index < -0.39 is 0 Å². The van der Waals surface area contributed by atoms with Gasteiger partial charge in [-0.15, -0.1) is 0 Å². The predicted octanol–water partition coefficient (Wildman–Crippen LogP) is 3.98. The van der Waals surface area contributed by atoms with Crippen molar-refractivity contribution >= 4 is 5.57 Å². The van der Waals surface area contributed by atoms with Crippen molar-refractivity contribution in [3.8, 4) is 0 Å². The number of hydrogen-bond acceptors (Lipinski definition) is 0. The average Bonchev–Trinajstić information content (AvgIpc) is 2.26. The highest BCUT2D eigenvalue weighted by Gasteiger charge is 2.09. The van der Waals surface area contributed by atoms with Gasteiger partial charge in [0.1, 0.15) is 0 Å². The Balaban J connectivity index is 2.65. The molecule has 1 aromatic rings. The fourth-order valence-corrected chi connectivity index (χ4v) is 2.08. The minimum atomic E-state index is 1.09. The summed E-state index contributed by atoms with van der Waals surface area (Å²) in [6, 6.07) is 8.70. The second-order valence-corrected chi connectivity index (χ2v) is 4.13.